The van der Waals surface area contributed by atoms with Crippen LogP contribution in [0.1, 0.15) is 19.4 Å². The standard InChI is InChI=1S/C13H14ClN5O2/c1-6(12(20)21)7-2-3-8(4-7)19-5-16-9-10(14)17-13(15)18-11(9)19/h2-3,5-8H,4H2,1H3,(H,20,21)(H2,15,17,18)/t6?,7-,8+/m1/s1. The van der Waals surface area contributed by atoms with E-state index in [0.717, 1.165) is 0 Å². The molecule has 21 heavy (non-hydrogen) atoms. The van der Waals surface area contributed by atoms with Crippen LogP contribution in [0.2, 0.25) is 5.15 Å². The Morgan fingerprint density at radius 2 is 2.29 bits per heavy atom. The van der Waals surface area contributed by atoms with Crippen molar-refractivity contribution in [1.29, 1.82) is 0 Å². The molecule has 0 spiro atoms. The van der Waals surface area contributed by atoms with E-state index in [1.807, 2.05) is 16.7 Å². The van der Waals surface area contributed by atoms with E-state index in [4.69, 9.17) is 22.4 Å². The number of fused-ring (bicyclic) bond motifs is 1. The Kier molecular flexibility index (Phi) is 3.29. The van der Waals surface area contributed by atoms with E-state index in [2.05, 4.69) is 15.0 Å². The number of aromatic nitrogens is 4. The summed E-state index contributed by atoms with van der Waals surface area (Å²) < 4.78 is 1.85. The normalized spacial score (nSPS) is 22.8. The highest BCUT2D eigenvalue weighted by Crippen LogP contribution is 2.34. The maximum Gasteiger partial charge on any atom is 0.306 e. The molecular formula is C13H14ClN5O2. The molecule has 3 atom stereocenters. The largest absolute Gasteiger partial charge is 0.481 e. The molecule has 0 saturated carbocycles. The summed E-state index contributed by atoms with van der Waals surface area (Å²) >= 11 is 6.00. The number of aliphatic carboxylic acids is 1. The first-order valence-electron chi connectivity index (χ1n) is 6.54. The number of anilines is 1. The lowest BCUT2D eigenvalue weighted by atomic mass is 9.93. The number of rotatable bonds is 3. The number of allylic oxidation sites excluding steroid dienone is 2. The minimum absolute atomic E-state index is 0.00725. The number of hydrogen-bond donors (Lipinski definition) is 2. The van der Waals surface area contributed by atoms with Gasteiger partial charge in [0, 0.05) is 0 Å². The Balaban J connectivity index is 1.93. The predicted octanol–water partition coefficient (Wildman–Crippen LogP) is 1.90. The van der Waals surface area contributed by atoms with Crippen LogP contribution in [0.15, 0.2) is 18.5 Å². The summed E-state index contributed by atoms with van der Waals surface area (Å²) in [6.45, 7) is 1.71. The molecule has 0 amide bonds. The molecule has 8 heteroatoms. The number of nitrogens with zero attached hydrogens (tertiary/aromatic N) is 4. The molecule has 3 rings (SSSR count). The lowest BCUT2D eigenvalue weighted by Crippen LogP contribution is -2.19. The van der Waals surface area contributed by atoms with E-state index in [0.29, 0.717) is 17.6 Å². The van der Waals surface area contributed by atoms with Crippen LogP contribution in [-0.2, 0) is 4.79 Å². The molecule has 0 bridgehead atoms. The number of halogens is 1. The molecular weight excluding hydrogens is 294 g/mol. The number of carboxylic acid groups (broad SMARTS) is 1. The molecule has 3 N–H and O–H groups in total. The second kappa shape index (κ2) is 5.00. The summed E-state index contributed by atoms with van der Waals surface area (Å²) in [7, 11) is 0. The van der Waals surface area contributed by atoms with Gasteiger partial charge in [-0.05, 0) is 12.3 Å². The van der Waals surface area contributed by atoms with Gasteiger partial charge in [-0.1, -0.05) is 30.7 Å². The topological polar surface area (TPSA) is 107 Å². The molecule has 2 aromatic heterocycles. The highest BCUT2D eigenvalue weighted by Gasteiger charge is 2.29. The summed E-state index contributed by atoms with van der Waals surface area (Å²) in [5, 5.41) is 9.31. The Hall–Kier alpha value is -2.15. The highest BCUT2D eigenvalue weighted by molar-refractivity contribution is 6.33. The van der Waals surface area contributed by atoms with E-state index < -0.39 is 11.9 Å². The monoisotopic (exact) mass is 307 g/mol. The van der Waals surface area contributed by atoms with Crippen LogP contribution < -0.4 is 5.73 Å². The van der Waals surface area contributed by atoms with Gasteiger partial charge in [0.15, 0.2) is 10.8 Å². The van der Waals surface area contributed by atoms with Crippen molar-refractivity contribution in [2.45, 2.75) is 19.4 Å². The van der Waals surface area contributed by atoms with Crippen LogP contribution in [0.25, 0.3) is 11.2 Å². The van der Waals surface area contributed by atoms with Crippen LogP contribution in [0.5, 0.6) is 0 Å². The zero-order valence-electron chi connectivity index (χ0n) is 11.3. The van der Waals surface area contributed by atoms with E-state index in [1.54, 1.807) is 13.3 Å². The van der Waals surface area contributed by atoms with Crippen LogP contribution >= 0.6 is 11.6 Å². The molecule has 0 aromatic carbocycles. The summed E-state index contributed by atoms with van der Waals surface area (Å²) in [5.41, 5.74) is 6.68. The molecule has 110 valence electrons. The number of imidazole rings is 1. The molecule has 0 aliphatic heterocycles. The second-order valence-electron chi connectivity index (χ2n) is 5.18. The van der Waals surface area contributed by atoms with Crippen molar-refractivity contribution in [1.82, 2.24) is 19.5 Å². The third-order valence-corrected chi connectivity index (χ3v) is 4.14. The molecule has 0 fully saturated rings. The fraction of sp³-hybridized carbons (Fsp3) is 0.385. The molecule has 7 nitrogen and oxygen atoms in total. The number of nitrogens with two attached hydrogens (primary N) is 1. The molecule has 2 aromatic rings. The van der Waals surface area contributed by atoms with E-state index in [1.165, 1.54) is 0 Å². The predicted molar refractivity (Wildman–Crippen MR) is 77.8 cm³/mol. The van der Waals surface area contributed by atoms with Crippen molar-refractivity contribution in [3.8, 4) is 0 Å². The number of carboxylic acids is 1. The van der Waals surface area contributed by atoms with Crippen LogP contribution in [-0.4, -0.2) is 30.6 Å². The Bertz CT molecular complexity index is 741. The van der Waals surface area contributed by atoms with Gasteiger partial charge in [-0.2, -0.15) is 9.97 Å². The summed E-state index contributed by atoms with van der Waals surface area (Å²) in [5.74, 6) is -1.15. The number of nitrogen functional groups attached to an aromatic ring is 1. The van der Waals surface area contributed by atoms with Gasteiger partial charge < -0.3 is 15.4 Å². The van der Waals surface area contributed by atoms with Gasteiger partial charge in [0.2, 0.25) is 5.95 Å². The van der Waals surface area contributed by atoms with Gasteiger partial charge >= 0.3 is 5.97 Å². The first kappa shape index (κ1) is 13.8. The van der Waals surface area contributed by atoms with Gasteiger partial charge in [-0.15, -0.1) is 0 Å². The quantitative estimate of drug-likeness (QED) is 0.662. The third kappa shape index (κ3) is 2.33. The van der Waals surface area contributed by atoms with Crippen LogP contribution in [0.3, 0.4) is 0 Å². The third-order valence-electron chi connectivity index (χ3n) is 3.88. The fourth-order valence-electron chi connectivity index (χ4n) is 2.61. The highest BCUT2D eigenvalue weighted by atomic mass is 35.5. The number of hydrogen-bond acceptors (Lipinski definition) is 5. The van der Waals surface area contributed by atoms with E-state index >= 15 is 0 Å². The van der Waals surface area contributed by atoms with Gasteiger partial charge in [-0.3, -0.25) is 4.79 Å². The average molecular weight is 308 g/mol. The van der Waals surface area contributed by atoms with Gasteiger partial charge in [0.1, 0.15) is 5.52 Å². The van der Waals surface area contributed by atoms with Gasteiger partial charge in [-0.25, -0.2) is 4.98 Å². The summed E-state index contributed by atoms with van der Waals surface area (Å²) in [6.07, 6.45) is 6.22. The fourth-order valence-corrected chi connectivity index (χ4v) is 2.83. The Morgan fingerprint density at radius 1 is 1.52 bits per heavy atom. The molecule has 2 heterocycles. The summed E-state index contributed by atoms with van der Waals surface area (Å²) in [4.78, 5) is 23.3. The SMILES string of the molecule is CC(C(=O)O)[C@@H]1C=C[C@H](n2cnc3c(Cl)nc(N)nc32)C1. The molecule has 1 unspecified atom stereocenters. The molecule has 1 aliphatic carbocycles. The maximum absolute atomic E-state index is 11.1. The van der Waals surface area contributed by atoms with E-state index in [9.17, 15) is 4.79 Å². The lowest BCUT2D eigenvalue weighted by Gasteiger charge is -2.16. The molecule has 0 saturated heterocycles. The van der Waals surface area contributed by atoms with Gasteiger partial charge in [0.05, 0.1) is 18.3 Å². The lowest BCUT2D eigenvalue weighted by molar-refractivity contribution is -0.142. The molecule has 0 radical (unpaired) electrons. The van der Waals surface area contributed by atoms with Crippen molar-refractivity contribution in [3.05, 3.63) is 23.6 Å². The average Bonchev–Trinajstić information content (AvgIpc) is 3.03. The minimum Gasteiger partial charge on any atom is -0.481 e. The Labute approximate surface area is 125 Å². The zero-order chi connectivity index (χ0) is 15.1. The number of carbonyl (C=O) groups is 1. The second-order valence-corrected chi connectivity index (χ2v) is 5.53. The Morgan fingerprint density at radius 3 is 3.00 bits per heavy atom. The first-order chi connectivity index (χ1) is 9.97. The molecule has 1 aliphatic rings. The summed E-state index contributed by atoms with van der Waals surface area (Å²) in [6, 6.07) is -0.00725. The van der Waals surface area contributed by atoms with Crippen LogP contribution in [0, 0.1) is 11.8 Å². The van der Waals surface area contributed by atoms with Gasteiger partial charge in [0.25, 0.3) is 0 Å². The van der Waals surface area contributed by atoms with Crippen molar-refractivity contribution in [2.24, 2.45) is 11.8 Å². The van der Waals surface area contributed by atoms with Crippen LogP contribution in [0.4, 0.5) is 5.95 Å². The van der Waals surface area contributed by atoms with Crippen molar-refractivity contribution < 1.29 is 9.90 Å². The van der Waals surface area contributed by atoms with Crippen molar-refractivity contribution >= 4 is 34.7 Å². The van der Waals surface area contributed by atoms with Crippen molar-refractivity contribution in [2.75, 3.05) is 5.73 Å². The minimum atomic E-state index is -0.796. The smallest absolute Gasteiger partial charge is 0.306 e. The maximum atomic E-state index is 11.1. The van der Waals surface area contributed by atoms with E-state index in [-0.39, 0.29) is 23.1 Å². The van der Waals surface area contributed by atoms with Crippen molar-refractivity contribution in [3.63, 3.8) is 0 Å². The first-order valence-corrected chi connectivity index (χ1v) is 6.92. The zero-order valence-corrected chi connectivity index (χ0v) is 12.0.